The van der Waals surface area contributed by atoms with Crippen LogP contribution < -0.4 is 0 Å². The van der Waals surface area contributed by atoms with Crippen LogP contribution in [0.5, 0.6) is 0 Å². The smallest absolute Gasteiger partial charge is 0.226 e. The van der Waals surface area contributed by atoms with Gasteiger partial charge in [-0.2, -0.15) is 0 Å². The summed E-state index contributed by atoms with van der Waals surface area (Å²) >= 11 is 1.58. The zero-order chi connectivity index (χ0) is 14.7. The lowest BCUT2D eigenvalue weighted by molar-refractivity contribution is 0.104. The van der Waals surface area contributed by atoms with Gasteiger partial charge in [0.25, 0.3) is 0 Å². The summed E-state index contributed by atoms with van der Waals surface area (Å²) in [6.07, 6.45) is 3.42. The van der Waals surface area contributed by atoms with Crippen molar-refractivity contribution in [3.05, 3.63) is 57.9 Å². The number of nitrogens with zero attached hydrogens (tertiary/aromatic N) is 2. The third-order valence-corrected chi connectivity index (χ3v) is 4.02. The van der Waals surface area contributed by atoms with Crippen LogP contribution in [-0.4, -0.2) is 9.97 Å². The van der Waals surface area contributed by atoms with Crippen molar-refractivity contribution < 1.29 is 9.15 Å². The van der Waals surface area contributed by atoms with Crippen molar-refractivity contribution in [2.75, 3.05) is 0 Å². The molecule has 0 saturated heterocycles. The maximum atomic E-state index is 5.58. The Bertz CT molecular complexity index is 720. The van der Waals surface area contributed by atoms with E-state index in [0.29, 0.717) is 19.1 Å². The van der Waals surface area contributed by atoms with Crippen molar-refractivity contribution in [1.29, 1.82) is 0 Å². The number of hydrogen-bond donors (Lipinski definition) is 0. The van der Waals surface area contributed by atoms with E-state index in [1.165, 1.54) is 11.1 Å². The van der Waals surface area contributed by atoms with Crippen molar-refractivity contribution in [3.8, 4) is 11.5 Å². The molecule has 21 heavy (non-hydrogen) atoms. The fourth-order valence-corrected chi connectivity index (χ4v) is 2.50. The molecule has 4 nitrogen and oxygen atoms in total. The van der Waals surface area contributed by atoms with E-state index in [9.17, 15) is 0 Å². The number of benzene rings is 1. The van der Waals surface area contributed by atoms with Crippen LogP contribution in [0.2, 0.25) is 0 Å². The van der Waals surface area contributed by atoms with E-state index < -0.39 is 0 Å². The average Bonchev–Trinajstić information content (AvgIpc) is 3.13. The molecule has 2 heterocycles. The summed E-state index contributed by atoms with van der Waals surface area (Å²) in [6, 6.07) is 6.18. The maximum absolute atomic E-state index is 5.58. The van der Waals surface area contributed by atoms with Crippen molar-refractivity contribution in [2.45, 2.75) is 27.1 Å². The van der Waals surface area contributed by atoms with Gasteiger partial charge in [-0.1, -0.05) is 6.07 Å². The Kier molecular flexibility index (Phi) is 4.13. The van der Waals surface area contributed by atoms with E-state index in [4.69, 9.17) is 9.15 Å². The first-order valence-corrected chi connectivity index (χ1v) is 7.58. The summed E-state index contributed by atoms with van der Waals surface area (Å²) in [5.41, 5.74) is 4.27. The number of oxazole rings is 1. The van der Waals surface area contributed by atoms with E-state index in [2.05, 4.69) is 35.9 Å². The van der Waals surface area contributed by atoms with Crippen molar-refractivity contribution in [3.63, 3.8) is 0 Å². The predicted molar refractivity (Wildman–Crippen MR) is 82.0 cm³/mol. The highest BCUT2D eigenvalue weighted by Gasteiger charge is 2.08. The highest BCUT2D eigenvalue weighted by Crippen LogP contribution is 2.22. The molecule has 0 radical (unpaired) electrons. The van der Waals surface area contributed by atoms with Crippen LogP contribution in [0.15, 0.2) is 40.5 Å². The Morgan fingerprint density at radius 1 is 1.19 bits per heavy atom. The van der Waals surface area contributed by atoms with Crippen molar-refractivity contribution in [1.82, 2.24) is 9.97 Å². The lowest BCUT2D eigenvalue weighted by atomic mass is 10.1. The molecule has 0 aliphatic carbocycles. The molecule has 5 heteroatoms. The molecule has 0 spiro atoms. The van der Waals surface area contributed by atoms with Gasteiger partial charge < -0.3 is 9.15 Å². The number of aryl methyl sites for hydroxylation is 2. The topological polar surface area (TPSA) is 48.2 Å². The highest BCUT2D eigenvalue weighted by atomic mass is 32.1. The van der Waals surface area contributed by atoms with Crippen LogP contribution in [0.25, 0.3) is 11.5 Å². The number of ether oxygens (including phenoxy) is 1. The molecular weight excluding hydrogens is 284 g/mol. The third kappa shape index (κ3) is 3.37. The molecular formula is C16H16N2O2S. The summed E-state index contributed by atoms with van der Waals surface area (Å²) in [4.78, 5) is 8.63. The van der Waals surface area contributed by atoms with Gasteiger partial charge in [0.05, 0.1) is 13.2 Å². The fourth-order valence-electron chi connectivity index (χ4n) is 1.95. The molecule has 0 bridgehead atoms. The van der Waals surface area contributed by atoms with Gasteiger partial charge in [-0.05, 0) is 37.1 Å². The van der Waals surface area contributed by atoms with Gasteiger partial charge in [-0.15, -0.1) is 11.3 Å². The summed E-state index contributed by atoms with van der Waals surface area (Å²) in [6.45, 7) is 5.10. The van der Waals surface area contributed by atoms with Gasteiger partial charge in [-0.3, -0.25) is 0 Å². The number of rotatable bonds is 5. The summed E-state index contributed by atoms with van der Waals surface area (Å²) in [7, 11) is 0. The van der Waals surface area contributed by atoms with Gasteiger partial charge in [0, 0.05) is 17.1 Å². The van der Waals surface area contributed by atoms with E-state index in [1.807, 2.05) is 11.4 Å². The Morgan fingerprint density at radius 3 is 2.86 bits per heavy atom. The molecule has 3 aromatic rings. The second-order valence-electron chi connectivity index (χ2n) is 4.86. The zero-order valence-corrected chi connectivity index (χ0v) is 12.8. The van der Waals surface area contributed by atoms with Gasteiger partial charge in [-0.25, -0.2) is 9.97 Å². The fraction of sp³-hybridized carbons (Fsp3) is 0.250. The first kappa shape index (κ1) is 14.0. The summed E-state index contributed by atoms with van der Waals surface area (Å²) in [5, 5.41) is 2.90. The third-order valence-electron chi connectivity index (χ3n) is 3.26. The van der Waals surface area contributed by atoms with Crippen LogP contribution >= 0.6 is 11.3 Å². The molecule has 0 atom stereocenters. The van der Waals surface area contributed by atoms with Crippen molar-refractivity contribution >= 4 is 11.3 Å². The van der Waals surface area contributed by atoms with Crippen LogP contribution in [0.4, 0.5) is 0 Å². The lowest BCUT2D eigenvalue weighted by Crippen LogP contribution is -1.94. The van der Waals surface area contributed by atoms with Crippen LogP contribution in [0.3, 0.4) is 0 Å². The van der Waals surface area contributed by atoms with Crippen LogP contribution in [-0.2, 0) is 18.0 Å². The summed E-state index contributed by atoms with van der Waals surface area (Å²) < 4.78 is 11.1. The molecule has 1 aromatic carbocycles. The standard InChI is InChI=1S/C16H16N2O2S/c1-11-3-4-13(7-12(11)2)16-18-14(9-20-16)8-19-10-15-17-5-6-21-15/h3-7,9H,8,10H2,1-2H3. The molecule has 0 aliphatic heterocycles. The van der Waals surface area contributed by atoms with E-state index >= 15 is 0 Å². The van der Waals surface area contributed by atoms with Gasteiger partial charge in [0.15, 0.2) is 0 Å². The molecule has 0 aliphatic rings. The average molecular weight is 300 g/mol. The first-order valence-electron chi connectivity index (χ1n) is 6.70. The minimum absolute atomic E-state index is 0.425. The maximum Gasteiger partial charge on any atom is 0.226 e. The minimum atomic E-state index is 0.425. The normalized spacial score (nSPS) is 11.0. The molecule has 0 unspecified atom stereocenters. The largest absolute Gasteiger partial charge is 0.444 e. The van der Waals surface area contributed by atoms with Gasteiger partial charge in [0.2, 0.25) is 5.89 Å². The van der Waals surface area contributed by atoms with Crippen molar-refractivity contribution in [2.24, 2.45) is 0 Å². The molecule has 0 amide bonds. The van der Waals surface area contributed by atoms with Crippen LogP contribution in [0, 0.1) is 13.8 Å². The molecule has 3 rings (SSSR count). The number of thiazole rings is 1. The SMILES string of the molecule is Cc1ccc(-c2nc(COCc3nccs3)co2)cc1C. The minimum Gasteiger partial charge on any atom is -0.444 e. The highest BCUT2D eigenvalue weighted by molar-refractivity contribution is 7.09. The molecule has 2 aromatic heterocycles. The molecule has 108 valence electrons. The van der Waals surface area contributed by atoms with E-state index in [0.717, 1.165) is 16.3 Å². The van der Waals surface area contributed by atoms with Crippen LogP contribution in [0.1, 0.15) is 21.8 Å². The predicted octanol–water partition coefficient (Wildman–Crippen LogP) is 4.13. The van der Waals surface area contributed by atoms with Gasteiger partial charge in [0.1, 0.15) is 17.0 Å². The molecule has 0 fully saturated rings. The number of hydrogen-bond acceptors (Lipinski definition) is 5. The Morgan fingerprint density at radius 2 is 2.10 bits per heavy atom. The summed E-state index contributed by atoms with van der Waals surface area (Å²) in [5.74, 6) is 0.631. The second-order valence-corrected chi connectivity index (χ2v) is 5.84. The van der Waals surface area contributed by atoms with E-state index in [-0.39, 0.29) is 0 Å². The Labute approximate surface area is 127 Å². The lowest BCUT2D eigenvalue weighted by Gasteiger charge is -2.01. The first-order chi connectivity index (χ1) is 10.2. The van der Waals surface area contributed by atoms with E-state index in [1.54, 1.807) is 23.8 Å². The monoisotopic (exact) mass is 300 g/mol. The Balaban J connectivity index is 1.64. The Hall–Kier alpha value is -1.98. The molecule has 0 N–H and O–H groups in total. The zero-order valence-electron chi connectivity index (χ0n) is 12.0. The number of aromatic nitrogens is 2. The van der Waals surface area contributed by atoms with Gasteiger partial charge >= 0.3 is 0 Å². The second kappa shape index (κ2) is 6.20. The molecule has 0 saturated carbocycles. The quantitative estimate of drug-likeness (QED) is 0.711.